The van der Waals surface area contributed by atoms with Crippen LogP contribution in [0.4, 0.5) is 0 Å². The van der Waals surface area contributed by atoms with E-state index in [1.54, 1.807) is 7.11 Å². The number of carbonyl (C=O) groups is 1. The first-order valence-electron chi connectivity index (χ1n) is 4.43. The van der Waals surface area contributed by atoms with Crippen molar-refractivity contribution in [1.29, 1.82) is 0 Å². The van der Waals surface area contributed by atoms with Gasteiger partial charge in [-0.1, -0.05) is 26.0 Å². The van der Waals surface area contributed by atoms with Crippen LogP contribution in [0.1, 0.15) is 19.4 Å². The van der Waals surface area contributed by atoms with Gasteiger partial charge in [0.1, 0.15) is 12.0 Å². The van der Waals surface area contributed by atoms with Crippen molar-refractivity contribution in [2.75, 3.05) is 7.11 Å². The van der Waals surface area contributed by atoms with Crippen LogP contribution in [0.5, 0.6) is 5.75 Å². The van der Waals surface area contributed by atoms with E-state index >= 15 is 0 Å². The smallest absolute Gasteiger partial charge is 0.124 e. The Hall–Kier alpha value is -1.31. The van der Waals surface area contributed by atoms with Crippen LogP contribution in [-0.4, -0.2) is 13.4 Å². The predicted molar refractivity (Wildman–Crippen MR) is 54.1 cm³/mol. The van der Waals surface area contributed by atoms with Crippen LogP contribution in [0.15, 0.2) is 24.3 Å². The maximum absolute atomic E-state index is 10.1. The molecule has 0 saturated carbocycles. The second-order valence-corrected chi connectivity index (χ2v) is 2.22. The molecule has 72 valence electrons. The monoisotopic (exact) mass is 180 g/mol. The predicted octanol–water partition coefficient (Wildman–Crippen LogP) is 2.46. The Bertz CT molecular complexity index is 244. The van der Waals surface area contributed by atoms with Gasteiger partial charge in [-0.3, -0.25) is 0 Å². The summed E-state index contributed by atoms with van der Waals surface area (Å²) in [6.07, 6.45) is 1.34. The van der Waals surface area contributed by atoms with Crippen molar-refractivity contribution in [2.45, 2.75) is 20.3 Å². The van der Waals surface area contributed by atoms with E-state index in [4.69, 9.17) is 4.74 Å². The number of aldehydes is 1. The lowest BCUT2D eigenvalue weighted by Gasteiger charge is -1.99. The summed E-state index contributed by atoms with van der Waals surface area (Å²) in [5.74, 6) is 0.796. The van der Waals surface area contributed by atoms with Crippen molar-refractivity contribution in [2.24, 2.45) is 0 Å². The largest absolute Gasteiger partial charge is 0.497 e. The molecular formula is C11H16O2. The van der Waals surface area contributed by atoms with Gasteiger partial charge in [-0.25, -0.2) is 0 Å². The van der Waals surface area contributed by atoms with Crippen LogP contribution < -0.4 is 4.74 Å². The van der Waals surface area contributed by atoms with Crippen LogP contribution in [0.2, 0.25) is 0 Å². The molecule has 0 aliphatic carbocycles. The van der Waals surface area contributed by atoms with E-state index in [2.05, 4.69) is 0 Å². The topological polar surface area (TPSA) is 26.3 Å². The molecule has 13 heavy (non-hydrogen) atoms. The molecular weight excluding hydrogens is 164 g/mol. The summed E-state index contributed by atoms with van der Waals surface area (Å²) in [6, 6.07) is 7.48. The number of carbonyl (C=O) groups excluding carboxylic acids is 1. The van der Waals surface area contributed by atoms with Crippen LogP contribution in [0, 0.1) is 0 Å². The standard InChI is InChI=1S/C9H10O2.C2H6/c1-11-9-4-2-3-8(7-9)5-6-10;1-2/h2-4,6-7H,5H2,1H3;1-2H3. The molecule has 0 atom stereocenters. The minimum atomic E-state index is 0.456. The molecule has 2 nitrogen and oxygen atoms in total. The fourth-order valence-electron chi connectivity index (χ4n) is 0.896. The highest BCUT2D eigenvalue weighted by Crippen LogP contribution is 2.11. The Morgan fingerprint density at radius 3 is 2.62 bits per heavy atom. The van der Waals surface area contributed by atoms with Gasteiger partial charge in [0.05, 0.1) is 7.11 Å². The number of hydrogen-bond acceptors (Lipinski definition) is 2. The number of rotatable bonds is 3. The molecule has 0 unspecified atom stereocenters. The van der Waals surface area contributed by atoms with E-state index in [1.807, 2.05) is 38.1 Å². The first-order valence-corrected chi connectivity index (χ1v) is 4.43. The van der Waals surface area contributed by atoms with Gasteiger partial charge in [-0.2, -0.15) is 0 Å². The molecule has 0 heterocycles. The van der Waals surface area contributed by atoms with Gasteiger partial charge in [-0.05, 0) is 17.7 Å². The zero-order valence-corrected chi connectivity index (χ0v) is 8.41. The van der Waals surface area contributed by atoms with Crippen molar-refractivity contribution >= 4 is 6.29 Å². The zero-order valence-electron chi connectivity index (χ0n) is 8.41. The molecule has 0 aliphatic rings. The molecule has 0 fully saturated rings. The van der Waals surface area contributed by atoms with Gasteiger partial charge in [0.2, 0.25) is 0 Å². The maximum Gasteiger partial charge on any atom is 0.124 e. The third kappa shape index (κ3) is 4.31. The van der Waals surface area contributed by atoms with Crippen LogP contribution in [-0.2, 0) is 11.2 Å². The summed E-state index contributed by atoms with van der Waals surface area (Å²) < 4.78 is 4.99. The minimum Gasteiger partial charge on any atom is -0.497 e. The Morgan fingerprint density at radius 1 is 1.38 bits per heavy atom. The third-order valence-electron chi connectivity index (χ3n) is 1.45. The van der Waals surface area contributed by atoms with Gasteiger partial charge in [0.15, 0.2) is 0 Å². The van der Waals surface area contributed by atoms with Crippen molar-refractivity contribution in [1.82, 2.24) is 0 Å². The fraction of sp³-hybridized carbons (Fsp3) is 0.364. The van der Waals surface area contributed by atoms with Crippen molar-refractivity contribution in [3.63, 3.8) is 0 Å². The van der Waals surface area contributed by atoms with Gasteiger partial charge in [0, 0.05) is 6.42 Å². The molecule has 0 N–H and O–H groups in total. The van der Waals surface area contributed by atoms with E-state index < -0.39 is 0 Å². The fourth-order valence-corrected chi connectivity index (χ4v) is 0.896. The van der Waals surface area contributed by atoms with Crippen LogP contribution in [0.3, 0.4) is 0 Å². The highest BCUT2D eigenvalue weighted by atomic mass is 16.5. The number of hydrogen-bond donors (Lipinski definition) is 0. The van der Waals surface area contributed by atoms with E-state index in [0.29, 0.717) is 6.42 Å². The van der Waals surface area contributed by atoms with Crippen molar-refractivity contribution in [3.05, 3.63) is 29.8 Å². The molecule has 1 aromatic carbocycles. The van der Waals surface area contributed by atoms with Crippen molar-refractivity contribution in [3.8, 4) is 5.75 Å². The van der Waals surface area contributed by atoms with Crippen LogP contribution in [0.25, 0.3) is 0 Å². The Morgan fingerprint density at radius 2 is 2.08 bits per heavy atom. The Kier molecular flexibility index (Phi) is 6.60. The average Bonchev–Trinajstić information content (AvgIpc) is 2.22. The SMILES string of the molecule is CC.COc1cccc(CC=O)c1. The average molecular weight is 180 g/mol. The number of methoxy groups -OCH3 is 1. The van der Waals surface area contributed by atoms with Gasteiger partial charge in [-0.15, -0.1) is 0 Å². The lowest BCUT2D eigenvalue weighted by molar-refractivity contribution is -0.107. The molecule has 0 spiro atoms. The molecule has 0 radical (unpaired) electrons. The first-order chi connectivity index (χ1) is 6.36. The molecule has 2 heteroatoms. The second-order valence-electron chi connectivity index (χ2n) is 2.22. The van der Waals surface area contributed by atoms with Crippen LogP contribution >= 0.6 is 0 Å². The molecule has 0 aromatic heterocycles. The van der Waals surface area contributed by atoms with E-state index in [-0.39, 0.29) is 0 Å². The summed E-state index contributed by atoms with van der Waals surface area (Å²) >= 11 is 0. The van der Waals surface area contributed by atoms with Gasteiger partial charge < -0.3 is 9.53 Å². The van der Waals surface area contributed by atoms with E-state index in [1.165, 1.54) is 0 Å². The summed E-state index contributed by atoms with van der Waals surface area (Å²) in [4.78, 5) is 10.1. The summed E-state index contributed by atoms with van der Waals surface area (Å²) in [5.41, 5.74) is 0.986. The van der Waals surface area contributed by atoms with Gasteiger partial charge in [0.25, 0.3) is 0 Å². The highest BCUT2D eigenvalue weighted by Gasteiger charge is 1.92. The van der Waals surface area contributed by atoms with Gasteiger partial charge >= 0.3 is 0 Å². The molecule has 1 rings (SSSR count). The van der Waals surface area contributed by atoms with E-state index in [0.717, 1.165) is 17.6 Å². The Labute approximate surface area is 79.5 Å². The third-order valence-corrected chi connectivity index (χ3v) is 1.45. The molecule has 0 bridgehead atoms. The summed E-state index contributed by atoms with van der Waals surface area (Å²) in [7, 11) is 1.61. The molecule has 1 aromatic rings. The maximum atomic E-state index is 10.1. The normalized spacial score (nSPS) is 8.23. The van der Waals surface area contributed by atoms with Crippen molar-refractivity contribution < 1.29 is 9.53 Å². The Balaban J connectivity index is 0.000000671. The lowest BCUT2D eigenvalue weighted by Crippen LogP contribution is -1.87. The second kappa shape index (κ2) is 7.35. The van der Waals surface area contributed by atoms with E-state index in [9.17, 15) is 4.79 Å². The summed E-state index contributed by atoms with van der Waals surface area (Å²) in [6.45, 7) is 4.00. The highest BCUT2D eigenvalue weighted by molar-refractivity contribution is 5.55. The summed E-state index contributed by atoms with van der Waals surface area (Å²) in [5, 5.41) is 0. The molecule has 0 amide bonds. The number of benzene rings is 1. The molecule has 0 aliphatic heterocycles. The molecule has 0 saturated heterocycles. The number of ether oxygens (including phenoxy) is 1. The lowest BCUT2D eigenvalue weighted by atomic mass is 10.2. The zero-order chi connectivity index (χ0) is 10.1. The minimum absolute atomic E-state index is 0.456. The first kappa shape index (κ1) is 11.7. The quantitative estimate of drug-likeness (QED) is 0.668.